The van der Waals surface area contributed by atoms with Crippen molar-refractivity contribution in [2.45, 2.75) is 26.3 Å². The van der Waals surface area contributed by atoms with E-state index in [0.717, 1.165) is 6.42 Å². The molecule has 1 N–H and O–H groups in total. The van der Waals surface area contributed by atoms with Gasteiger partial charge in [0.2, 0.25) is 10.0 Å². The van der Waals surface area contributed by atoms with Crippen LogP contribution in [-0.4, -0.2) is 27.4 Å². The Morgan fingerprint density at radius 1 is 1.45 bits per heavy atom. The highest BCUT2D eigenvalue weighted by Gasteiger charge is 2.28. The van der Waals surface area contributed by atoms with Crippen molar-refractivity contribution in [1.82, 2.24) is 4.72 Å². The summed E-state index contributed by atoms with van der Waals surface area (Å²) in [6.07, 6.45) is 0.739. The summed E-state index contributed by atoms with van der Waals surface area (Å²) in [5, 5.41) is 0.287. The van der Waals surface area contributed by atoms with E-state index in [0.29, 0.717) is 18.8 Å². The van der Waals surface area contributed by atoms with Crippen molar-refractivity contribution >= 4 is 21.6 Å². The minimum absolute atomic E-state index is 0.000349. The van der Waals surface area contributed by atoms with Crippen LogP contribution >= 0.6 is 11.6 Å². The third-order valence-electron chi connectivity index (χ3n) is 3.75. The maximum Gasteiger partial charge on any atom is 0.212 e. The van der Waals surface area contributed by atoms with Crippen LogP contribution in [0, 0.1) is 17.7 Å². The molecule has 4 nitrogen and oxygen atoms in total. The summed E-state index contributed by atoms with van der Waals surface area (Å²) in [5.41, 5.74) is 0.311. The van der Waals surface area contributed by atoms with Crippen LogP contribution in [0.3, 0.4) is 0 Å². The number of benzene rings is 1. The van der Waals surface area contributed by atoms with Crippen molar-refractivity contribution < 1.29 is 17.5 Å². The van der Waals surface area contributed by atoms with Crippen molar-refractivity contribution in [3.05, 3.63) is 34.6 Å². The maximum absolute atomic E-state index is 14.1. The lowest BCUT2D eigenvalue weighted by Crippen LogP contribution is -2.36. The Kier molecular flexibility index (Phi) is 5.82. The Balaban J connectivity index is 2.17. The molecule has 0 radical (unpaired) electrons. The topological polar surface area (TPSA) is 55.4 Å². The zero-order valence-electron chi connectivity index (χ0n) is 12.7. The molecule has 22 heavy (non-hydrogen) atoms. The second-order valence-corrected chi connectivity index (χ2v) is 8.25. The monoisotopic (exact) mass is 349 g/mol. The summed E-state index contributed by atoms with van der Waals surface area (Å²) in [4.78, 5) is 0. The molecule has 1 fully saturated rings. The van der Waals surface area contributed by atoms with E-state index in [9.17, 15) is 12.8 Å². The largest absolute Gasteiger partial charge is 0.381 e. The maximum atomic E-state index is 14.1. The van der Waals surface area contributed by atoms with Crippen LogP contribution in [0.2, 0.25) is 5.02 Å². The van der Waals surface area contributed by atoms with Gasteiger partial charge >= 0.3 is 0 Å². The van der Waals surface area contributed by atoms with Gasteiger partial charge in [-0.2, -0.15) is 0 Å². The van der Waals surface area contributed by atoms with Crippen molar-refractivity contribution in [3.8, 4) is 0 Å². The zero-order valence-corrected chi connectivity index (χ0v) is 14.3. The van der Waals surface area contributed by atoms with E-state index in [-0.39, 0.29) is 22.6 Å². The molecule has 1 saturated heterocycles. The van der Waals surface area contributed by atoms with E-state index in [1.165, 1.54) is 12.1 Å². The Hall–Kier alpha value is -0.690. The standard InChI is InChI=1S/C15H21ClFNO3S/c1-10(2)15(13-4-3-12(16)7-14(13)17)18-22(19,20)9-11-5-6-21-8-11/h3-4,7,10-11,15,18H,5-6,8-9H2,1-2H3. The molecule has 1 heterocycles. The van der Waals surface area contributed by atoms with Gasteiger partial charge in [0.15, 0.2) is 0 Å². The van der Waals surface area contributed by atoms with Gasteiger partial charge in [0.1, 0.15) is 5.82 Å². The molecule has 2 atom stereocenters. The van der Waals surface area contributed by atoms with Crippen LogP contribution in [-0.2, 0) is 14.8 Å². The van der Waals surface area contributed by atoms with E-state index in [1.807, 2.05) is 13.8 Å². The normalized spacial score (nSPS) is 20.5. The first-order valence-electron chi connectivity index (χ1n) is 7.31. The highest BCUT2D eigenvalue weighted by Crippen LogP contribution is 2.27. The van der Waals surface area contributed by atoms with Gasteiger partial charge in [0.05, 0.1) is 18.4 Å². The first-order valence-corrected chi connectivity index (χ1v) is 9.34. The molecule has 0 spiro atoms. The van der Waals surface area contributed by atoms with E-state index >= 15 is 0 Å². The average molecular weight is 350 g/mol. The lowest BCUT2D eigenvalue weighted by molar-refractivity contribution is 0.188. The number of sulfonamides is 1. The third-order valence-corrected chi connectivity index (χ3v) is 5.51. The van der Waals surface area contributed by atoms with E-state index in [1.54, 1.807) is 6.07 Å². The first-order chi connectivity index (χ1) is 10.3. The van der Waals surface area contributed by atoms with Gasteiger partial charge in [-0.25, -0.2) is 17.5 Å². The van der Waals surface area contributed by atoms with Gasteiger partial charge in [-0.15, -0.1) is 0 Å². The van der Waals surface area contributed by atoms with Crippen molar-refractivity contribution in [1.29, 1.82) is 0 Å². The molecule has 7 heteroatoms. The fraction of sp³-hybridized carbons (Fsp3) is 0.600. The van der Waals surface area contributed by atoms with Crippen molar-refractivity contribution in [2.75, 3.05) is 19.0 Å². The second kappa shape index (κ2) is 7.25. The number of halogens is 2. The van der Waals surface area contributed by atoms with Crippen LogP contribution in [0.4, 0.5) is 4.39 Å². The minimum atomic E-state index is -3.51. The van der Waals surface area contributed by atoms with Crippen molar-refractivity contribution in [2.24, 2.45) is 11.8 Å². The van der Waals surface area contributed by atoms with Crippen LogP contribution in [0.1, 0.15) is 31.9 Å². The van der Waals surface area contributed by atoms with Crippen LogP contribution < -0.4 is 4.72 Å². The molecule has 2 rings (SSSR count). The highest BCUT2D eigenvalue weighted by molar-refractivity contribution is 7.89. The summed E-state index contributed by atoms with van der Waals surface area (Å²) in [7, 11) is -3.51. The molecule has 1 aromatic carbocycles. The molecule has 0 aromatic heterocycles. The smallest absolute Gasteiger partial charge is 0.212 e. The van der Waals surface area contributed by atoms with E-state index in [2.05, 4.69) is 4.72 Å². The fourth-order valence-corrected chi connectivity index (χ4v) is 4.50. The Morgan fingerprint density at radius 2 is 2.18 bits per heavy atom. The predicted octanol–water partition coefficient (Wildman–Crippen LogP) is 3.13. The summed E-state index contributed by atoms with van der Waals surface area (Å²) in [5.74, 6) is -0.588. The Bertz CT molecular complexity index is 615. The van der Waals surface area contributed by atoms with Gasteiger partial charge in [0, 0.05) is 17.2 Å². The summed E-state index contributed by atoms with van der Waals surface area (Å²) in [6.45, 7) is 4.75. The number of nitrogens with one attached hydrogen (secondary N) is 1. The van der Waals surface area contributed by atoms with Gasteiger partial charge in [0.25, 0.3) is 0 Å². The number of hydrogen-bond acceptors (Lipinski definition) is 3. The molecule has 0 saturated carbocycles. The molecule has 0 amide bonds. The van der Waals surface area contributed by atoms with Gasteiger partial charge in [-0.05, 0) is 30.4 Å². The molecule has 2 unspecified atom stereocenters. The quantitative estimate of drug-likeness (QED) is 0.858. The van der Waals surface area contributed by atoms with Crippen molar-refractivity contribution in [3.63, 3.8) is 0 Å². The molecule has 0 aliphatic carbocycles. The number of hydrogen-bond donors (Lipinski definition) is 1. The molecule has 1 aliphatic rings. The molecular weight excluding hydrogens is 329 g/mol. The lowest BCUT2D eigenvalue weighted by Gasteiger charge is -2.24. The van der Waals surface area contributed by atoms with Gasteiger partial charge < -0.3 is 4.74 Å². The molecule has 1 aliphatic heterocycles. The summed E-state index contributed by atoms with van der Waals surface area (Å²) < 4.78 is 46.6. The average Bonchev–Trinajstić information content (AvgIpc) is 2.88. The third kappa shape index (κ3) is 4.65. The molecule has 1 aromatic rings. The molecule has 0 bridgehead atoms. The predicted molar refractivity (Wildman–Crippen MR) is 84.8 cm³/mol. The Labute approximate surface area is 136 Å². The highest BCUT2D eigenvalue weighted by atomic mass is 35.5. The molecule has 124 valence electrons. The lowest BCUT2D eigenvalue weighted by atomic mass is 9.97. The van der Waals surface area contributed by atoms with E-state index in [4.69, 9.17) is 16.3 Å². The molecular formula is C15H21ClFNO3S. The Morgan fingerprint density at radius 3 is 2.73 bits per heavy atom. The zero-order chi connectivity index (χ0) is 16.3. The summed E-state index contributed by atoms with van der Waals surface area (Å²) >= 11 is 5.76. The minimum Gasteiger partial charge on any atom is -0.381 e. The van der Waals surface area contributed by atoms with Gasteiger partial charge in [-0.3, -0.25) is 0 Å². The van der Waals surface area contributed by atoms with Crippen LogP contribution in [0.15, 0.2) is 18.2 Å². The first kappa shape index (κ1) is 17.7. The fourth-order valence-electron chi connectivity index (χ4n) is 2.58. The second-order valence-electron chi connectivity index (χ2n) is 6.02. The SMILES string of the molecule is CC(C)C(NS(=O)(=O)CC1CCOC1)c1ccc(Cl)cc1F. The number of ether oxygens (including phenoxy) is 1. The van der Waals surface area contributed by atoms with Crippen LogP contribution in [0.25, 0.3) is 0 Å². The number of rotatable bonds is 6. The summed E-state index contributed by atoms with van der Waals surface area (Å²) in [6, 6.07) is 3.67. The van der Waals surface area contributed by atoms with Gasteiger partial charge in [-0.1, -0.05) is 31.5 Å². The van der Waals surface area contributed by atoms with E-state index < -0.39 is 21.9 Å². The van der Waals surface area contributed by atoms with Crippen LogP contribution in [0.5, 0.6) is 0 Å².